The number of ether oxygens (including phenoxy) is 5. The first kappa shape index (κ1) is 99.7. The maximum Gasteiger partial charge on any atom is 0.227 e. The lowest BCUT2D eigenvalue weighted by Gasteiger charge is -2.16. The van der Waals surface area contributed by atoms with E-state index in [0.29, 0.717) is 132 Å². The summed E-state index contributed by atoms with van der Waals surface area (Å²) in [6.07, 6.45) is 30.1. The maximum absolute atomic E-state index is 12.2. The molecule has 0 spiro atoms. The number of carbonyl (C=O) groups excluding carboxylic acids is 4. The summed E-state index contributed by atoms with van der Waals surface area (Å²) in [4.78, 5) is 98.1. The Morgan fingerprint density at radius 2 is 0.625 bits per heavy atom. The van der Waals surface area contributed by atoms with E-state index in [0.717, 1.165) is 157 Å². The second kappa shape index (κ2) is 52.1. The highest BCUT2D eigenvalue weighted by Gasteiger charge is 2.18. The SMILES string of the molecule is CN1C/C=C/CCOc2cccc(c2)-c2ccnc(n2)Nc2cccc(c2)C1.COc1ccc2cc1COC/C=C/CN(C)Cc1cccc(c1)Nc1nccc-2n1.O=C1CC/C=C/COCc2cccc(c2)Nc2nccc(n2)-c2cccc(c2)N1.O=C1CC/C=C/COc2cccc(c2)-c2ccnc(n2)Nc2cccc(c2)N1.O=C1CCCCC(=O)Nc2cccc(c2)-c2ccnc(n2)Nc2cccc(c2)N1. The molecule has 0 fully saturated rings. The summed E-state index contributed by atoms with van der Waals surface area (Å²) >= 11 is 0. The molecule has 728 valence electrons. The van der Waals surface area contributed by atoms with E-state index in [1.165, 1.54) is 11.1 Å². The molecule has 30 nitrogen and oxygen atoms in total. The van der Waals surface area contributed by atoms with Crippen LogP contribution in [0.4, 0.5) is 80.9 Å². The second-order valence-corrected chi connectivity index (χ2v) is 34.2. The van der Waals surface area contributed by atoms with Gasteiger partial charge in [0.1, 0.15) is 23.9 Å². The Balaban J connectivity index is 0.000000129. The number of carbonyl (C=O) groups is 4. The fourth-order valence-electron chi connectivity index (χ4n) is 15.8. The van der Waals surface area contributed by atoms with E-state index >= 15 is 0 Å². The van der Waals surface area contributed by atoms with Gasteiger partial charge in [-0.15, -0.1) is 0 Å². The van der Waals surface area contributed by atoms with Crippen molar-refractivity contribution in [2.75, 3.05) is 109 Å². The summed E-state index contributed by atoms with van der Waals surface area (Å²) in [5.41, 5.74) is 20.6. The minimum absolute atomic E-state index is 0.0216. The number of hydrogen-bond donors (Lipinski definition) is 9. The van der Waals surface area contributed by atoms with Gasteiger partial charge in [0.2, 0.25) is 53.4 Å². The molecule has 20 rings (SSSR count). The second-order valence-electron chi connectivity index (χ2n) is 34.2. The van der Waals surface area contributed by atoms with E-state index < -0.39 is 0 Å². The summed E-state index contributed by atoms with van der Waals surface area (Å²) in [7, 11) is 5.90. The summed E-state index contributed by atoms with van der Waals surface area (Å²) in [5, 5.41) is 27.9. The van der Waals surface area contributed by atoms with Crippen molar-refractivity contribution in [3.05, 3.63) is 369 Å². The molecule has 0 atom stereocenters. The van der Waals surface area contributed by atoms with Crippen LogP contribution < -0.4 is 62.1 Å². The van der Waals surface area contributed by atoms with E-state index in [9.17, 15) is 19.2 Å². The summed E-state index contributed by atoms with van der Waals surface area (Å²) < 4.78 is 28.7. The molecule has 0 radical (unpaired) electrons. The van der Waals surface area contributed by atoms with Gasteiger partial charge in [-0.05, 0) is 233 Å². The molecule has 144 heavy (non-hydrogen) atoms. The molecule has 5 aliphatic rings. The number of aromatic nitrogens is 10. The van der Waals surface area contributed by atoms with Crippen LogP contribution in [0, 0.1) is 0 Å². The molecule has 30 heteroatoms. The van der Waals surface area contributed by atoms with Crippen LogP contribution in [0.5, 0.6) is 17.2 Å². The van der Waals surface area contributed by atoms with Crippen LogP contribution in [0.2, 0.25) is 0 Å². The lowest BCUT2D eigenvalue weighted by atomic mass is 10.1. The standard InChI is InChI=1S/C24H26N4O2.C23H22N4O2.C23H24N4O.C22H21N5O2.C22H20N4O2/c1-28-12-3-4-13-30-17-20-15-19(8-9-23(20)29-2)22-10-11-25-24(27-22)26-21-7-5-6-18(14-21)16-28;28-22-10-2-1-3-13-29-16-17-6-4-8-19(14-17)26-23-24-12-11-21(27-23)18-7-5-9-20(15-18)25-22;1-27-13-3-2-4-14-28-21-10-6-8-19(16-21)22-11-12-24-23(26-22)25-20-9-5-7-18(15-20)17-27;28-20-9-1-2-10-21(29)25-17-7-4-8-18(14-17)26-22-23-12-11-19(27-22)15-5-3-6-16(13-15)24-20;27-21-10-2-1-3-13-28-19-9-4-6-16(14-19)20-11-12-23-22(26-20)25-18-8-5-7-17(15-18)24-21/h3-11,14-15H,12-13,16-17H2,1-2H3,(H,25,26,27);1,3-9,11-12,14-15H,2,10,13,16H2,(H,25,28)(H,24,26,27);2-3,5-12,15-16H,4,13-14,17H2,1H3,(H,24,25,26);3-8,11-14H,1-2,9-10H2,(H,24,28)(H,25,29)(H,23,26,27);1,3-9,11-12,14-15H,2,10,13H2,(H,24,27)(H,23,25,26)/b4-3+;3-1+;3-2+;;3-1+. The van der Waals surface area contributed by atoms with Gasteiger partial charge in [0.05, 0.1) is 68.6 Å². The normalized spacial score (nSPS) is 15.6. The zero-order chi connectivity index (χ0) is 99.1. The zero-order valence-electron chi connectivity index (χ0n) is 80.4. The molecule has 4 amide bonds. The van der Waals surface area contributed by atoms with Crippen LogP contribution in [-0.2, 0) is 55.0 Å². The van der Waals surface area contributed by atoms with Gasteiger partial charge in [0, 0.05) is 167 Å². The Morgan fingerprint density at radius 3 is 1.07 bits per heavy atom. The number of fused-ring (bicyclic) bond motifs is 35. The van der Waals surface area contributed by atoms with Gasteiger partial charge in [0.15, 0.2) is 0 Å². The molecular formula is C114H113N21O9. The predicted octanol–water partition coefficient (Wildman–Crippen LogP) is 22.7. The third-order valence-corrected chi connectivity index (χ3v) is 22.7. The van der Waals surface area contributed by atoms with E-state index in [-0.39, 0.29) is 23.6 Å². The molecular weight excluding hydrogens is 1810 g/mol. The smallest absolute Gasteiger partial charge is 0.227 e. The van der Waals surface area contributed by atoms with Crippen LogP contribution in [0.1, 0.15) is 80.0 Å². The fraction of sp³-hybridized carbons (Fsp3) is 0.193. The lowest BCUT2D eigenvalue weighted by molar-refractivity contribution is -0.118. The number of likely N-dealkylation sites (N-methyl/N-ethyl adjacent to an activating group) is 2. The zero-order valence-corrected chi connectivity index (χ0v) is 80.4. The van der Waals surface area contributed by atoms with Crippen molar-refractivity contribution in [3.8, 4) is 73.5 Å². The fourth-order valence-corrected chi connectivity index (χ4v) is 15.8. The third kappa shape index (κ3) is 31.6. The van der Waals surface area contributed by atoms with Crippen LogP contribution in [-0.4, -0.2) is 144 Å². The molecule has 10 aromatic carbocycles. The van der Waals surface area contributed by atoms with E-state index in [2.05, 4.69) is 177 Å². The molecule has 5 aromatic heterocycles. The van der Waals surface area contributed by atoms with Crippen molar-refractivity contribution in [2.24, 2.45) is 0 Å². The predicted molar refractivity (Wildman–Crippen MR) is 568 cm³/mol. The molecule has 10 heterocycles. The van der Waals surface area contributed by atoms with Crippen LogP contribution >= 0.6 is 0 Å². The molecule has 5 aliphatic heterocycles. The quantitative estimate of drug-likeness (QED) is 0.0689. The Bertz CT molecular complexity index is 7020. The van der Waals surface area contributed by atoms with Gasteiger partial charge in [-0.1, -0.05) is 146 Å². The number of nitrogens with zero attached hydrogens (tertiary/aromatic N) is 12. The highest BCUT2D eigenvalue weighted by Crippen LogP contribution is 2.34. The van der Waals surface area contributed by atoms with Crippen LogP contribution in [0.3, 0.4) is 0 Å². The minimum Gasteiger partial charge on any atom is -0.496 e. The minimum atomic E-state index is -0.0744. The van der Waals surface area contributed by atoms with E-state index in [1.54, 1.807) is 38.1 Å². The first-order valence-corrected chi connectivity index (χ1v) is 47.8. The number of methoxy groups -OCH3 is 1. The van der Waals surface area contributed by atoms with Gasteiger partial charge >= 0.3 is 0 Å². The molecule has 9 N–H and O–H groups in total. The van der Waals surface area contributed by atoms with Gasteiger partial charge in [0.25, 0.3) is 0 Å². The molecule has 30 bridgehead atoms. The number of benzene rings is 10. The molecule has 0 aliphatic carbocycles. The van der Waals surface area contributed by atoms with Crippen molar-refractivity contribution in [1.82, 2.24) is 59.6 Å². The summed E-state index contributed by atoms with van der Waals surface area (Å²) in [5.74, 6) is 4.81. The van der Waals surface area contributed by atoms with E-state index in [1.807, 2.05) is 255 Å². The highest BCUT2D eigenvalue weighted by molar-refractivity contribution is 5.94. The van der Waals surface area contributed by atoms with Crippen molar-refractivity contribution >= 4 is 105 Å². The highest BCUT2D eigenvalue weighted by atomic mass is 16.5. The van der Waals surface area contributed by atoms with Crippen LogP contribution in [0.15, 0.2) is 347 Å². The Kier molecular flexibility index (Phi) is 36.1. The third-order valence-electron chi connectivity index (χ3n) is 22.7. The molecule has 0 unspecified atom stereocenters. The average molecular weight is 1920 g/mol. The topological polar surface area (TPSA) is 358 Å². The first-order chi connectivity index (χ1) is 70.6. The number of allylic oxidation sites excluding steroid dienone is 2. The van der Waals surface area contributed by atoms with Gasteiger partial charge in [-0.3, -0.25) is 29.0 Å². The Morgan fingerprint density at radius 1 is 0.292 bits per heavy atom. The molecule has 0 saturated heterocycles. The maximum atomic E-state index is 12.2. The van der Waals surface area contributed by atoms with Gasteiger partial charge in [-0.2, -0.15) is 0 Å². The van der Waals surface area contributed by atoms with Crippen molar-refractivity contribution in [3.63, 3.8) is 0 Å². The number of amides is 4. The van der Waals surface area contributed by atoms with Gasteiger partial charge < -0.3 is 71.5 Å². The number of rotatable bonds is 1. The monoisotopic (exact) mass is 1920 g/mol. The number of hydrogen-bond acceptors (Lipinski definition) is 26. The van der Waals surface area contributed by atoms with Gasteiger partial charge in [-0.25, -0.2) is 49.8 Å². The largest absolute Gasteiger partial charge is 0.496 e. The van der Waals surface area contributed by atoms with Crippen molar-refractivity contribution in [2.45, 2.75) is 84.1 Å². The summed E-state index contributed by atoms with van der Waals surface area (Å²) in [6.45, 7) is 6.62. The van der Waals surface area contributed by atoms with Crippen LogP contribution in [0.25, 0.3) is 56.3 Å². The molecule has 0 saturated carbocycles. The average Bonchev–Trinajstić information content (AvgIpc) is 0.831. The number of anilines is 14. The first-order valence-electron chi connectivity index (χ1n) is 47.8. The van der Waals surface area contributed by atoms with Crippen molar-refractivity contribution in [1.29, 1.82) is 0 Å². The van der Waals surface area contributed by atoms with E-state index in [4.69, 9.17) is 28.7 Å². The number of nitrogens with one attached hydrogen (secondary N) is 9. The van der Waals surface area contributed by atoms with Crippen molar-refractivity contribution < 1.29 is 42.9 Å². The lowest BCUT2D eigenvalue weighted by Crippen LogP contribution is -2.17. The Labute approximate surface area is 837 Å². The Hall–Kier alpha value is -17.3. The summed E-state index contributed by atoms with van der Waals surface area (Å²) in [6, 6.07) is 86.0. The molecule has 15 aromatic rings.